The second-order valence-electron chi connectivity index (χ2n) is 8.41. The molecule has 29 heavy (non-hydrogen) atoms. The van der Waals surface area contributed by atoms with Crippen LogP contribution in [0.1, 0.15) is 54.4 Å². The van der Waals surface area contributed by atoms with Crippen LogP contribution in [0.5, 0.6) is 0 Å². The molecule has 1 saturated carbocycles. The number of hydrogen-bond acceptors (Lipinski definition) is 4. The summed E-state index contributed by atoms with van der Waals surface area (Å²) < 4.78 is 0. The maximum Gasteiger partial charge on any atom is 0.253 e. The summed E-state index contributed by atoms with van der Waals surface area (Å²) in [5.74, 6) is 0.0182. The van der Waals surface area contributed by atoms with E-state index in [1.165, 1.54) is 36.9 Å². The highest BCUT2D eigenvalue weighted by molar-refractivity contribution is 5.95. The molecule has 5 heteroatoms. The van der Waals surface area contributed by atoms with Crippen molar-refractivity contribution in [2.24, 2.45) is 0 Å². The SMILES string of the molecule is Cc1cccc(N2CCN(c3cncc(C(=O)NC4CCCCCC4)c3)CC2)c1. The fourth-order valence-electron chi connectivity index (χ4n) is 4.46. The lowest BCUT2D eigenvalue weighted by Crippen LogP contribution is -2.46. The van der Waals surface area contributed by atoms with Crippen LogP contribution in [0.15, 0.2) is 42.7 Å². The lowest BCUT2D eigenvalue weighted by atomic mass is 10.1. The Balaban J connectivity index is 1.37. The largest absolute Gasteiger partial charge is 0.368 e. The number of amides is 1. The van der Waals surface area contributed by atoms with Crippen LogP contribution in [0.2, 0.25) is 0 Å². The molecule has 1 aromatic heterocycles. The average Bonchev–Trinajstić information content (AvgIpc) is 3.03. The lowest BCUT2D eigenvalue weighted by molar-refractivity contribution is 0.0933. The summed E-state index contributed by atoms with van der Waals surface area (Å²) in [5, 5.41) is 3.23. The van der Waals surface area contributed by atoms with Crippen molar-refractivity contribution < 1.29 is 4.79 Å². The fraction of sp³-hybridized carbons (Fsp3) is 0.500. The molecule has 0 bridgehead atoms. The van der Waals surface area contributed by atoms with Gasteiger partial charge in [-0.1, -0.05) is 37.8 Å². The molecule has 0 radical (unpaired) electrons. The van der Waals surface area contributed by atoms with Crippen molar-refractivity contribution in [3.63, 3.8) is 0 Å². The zero-order chi connectivity index (χ0) is 20.1. The van der Waals surface area contributed by atoms with E-state index in [2.05, 4.69) is 51.3 Å². The Morgan fingerprint density at radius 2 is 1.62 bits per heavy atom. The van der Waals surface area contributed by atoms with Gasteiger partial charge in [-0.25, -0.2) is 0 Å². The predicted octanol–water partition coefficient (Wildman–Crippen LogP) is 4.17. The number of rotatable bonds is 4. The molecule has 5 nitrogen and oxygen atoms in total. The molecular formula is C24H32N4O. The highest BCUT2D eigenvalue weighted by Gasteiger charge is 2.20. The number of nitrogens with zero attached hydrogens (tertiary/aromatic N) is 3. The summed E-state index contributed by atoms with van der Waals surface area (Å²) in [7, 11) is 0. The molecule has 1 aromatic carbocycles. The van der Waals surface area contributed by atoms with Crippen molar-refractivity contribution in [3.8, 4) is 0 Å². The topological polar surface area (TPSA) is 48.5 Å². The van der Waals surface area contributed by atoms with Crippen molar-refractivity contribution >= 4 is 17.3 Å². The minimum Gasteiger partial charge on any atom is -0.368 e. The molecule has 2 aliphatic rings. The van der Waals surface area contributed by atoms with Gasteiger partial charge in [-0.15, -0.1) is 0 Å². The Hall–Kier alpha value is -2.56. The maximum atomic E-state index is 12.8. The molecule has 2 fully saturated rings. The standard InChI is InChI=1S/C24H32N4O/c1-19-7-6-10-22(15-19)27-11-13-28(14-12-27)23-16-20(17-25-18-23)24(29)26-21-8-4-2-3-5-9-21/h6-7,10,15-18,21H,2-5,8-9,11-14H2,1H3,(H,26,29). The number of aromatic nitrogens is 1. The van der Waals surface area contributed by atoms with Crippen LogP contribution in [0.25, 0.3) is 0 Å². The van der Waals surface area contributed by atoms with Gasteiger partial charge in [0, 0.05) is 44.1 Å². The Morgan fingerprint density at radius 1 is 0.931 bits per heavy atom. The van der Waals surface area contributed by atoms with Crippen molar-refractivity contribution in [2.75, 3.05) is 36.0 Å². The van der Waals surface area contributed by atoms with Gasteiger partial charge in [-0.3, -0.25) is 9.78 Å². The number of pyridine rings is 1. The zero-order valence-corrected chi connectivity index (χ0v) is 17.4. The summed E-state index contributed by atoms with van der Waals surface area (Å²) in [6.45, 7) is 5.95. The van der Waals surface area contributed by atoms with Gasteiger partial charge in [0.25, 0.3) is 5.91 Å². The van der Waals surface area contributed by atoms with Crippen LogP contribution in [0, 0.1) is 6.92 Å². The molecule has 0 spiro atoms. The van der Waals surface area contributed by atoms with Crippen LogP contribution in [-0.2, 0) is 0 Å². The third-order valence-electron chi connectivity index (χ3n) is 6.19. The average molecular weight is 393 g/mol. The van der Waals surface area contributed by atoms with Crippen LogP contribution in [-0.4, -0.2) is 43.1 Å². The van der Waals surface area contributed by atoms with Gasteiger partial charge >= 0.3 is 0 Å². The number of carbonyl (C=O) groups is 1. The van der Waals surface area contributed by atoms with E-state index in [1.54, 1.807) is 6.20 Å². The van der Waals surface area contributed by atoms with Gasteiger partial charge in [0.05, 0.1) is 17.4 Å². The molecule has 2 aromatic rings. The van der Waals surface area contributed by atoms with Gasteiger partial charge < -0.3 is 15.1 Å². The second kappa shape index (κ2) is 9.29. The Kier molecular flexibility index (Phi) is 6.33. The minimum absolute atomic E-state index is 0.0182. The van der Waals surface area contributed by atoms with Crippen LogP contribution >= 0.6 is 0 Å². The molecule has 4 rings (SSSR count). The smallest absolute Gasteiger partial charge is 0.253 e. The van der Waals surface area contributed by atoms with Crippen molar-refractivity contribution in [2.45, 2.75) is 51.5 Å². The van der Waals surface area contributed by atoms with E-state index >= 15 is 0 Å². The number of aryl methyl sites for hydroxylation is 1. The molecular weight excluding hydrogens is 360 g/mol. The first-order valence-corrected chi connectivity index (χ1v) is 11.0. The van der Waals surface area contributed by atoms with Gasteiger partial charge in [-0.05, 0) is 43.5 Å². The number of hydrogen-bond donors (Lipinski definition) is 1. The first-order chi connectivity index (χ1) is 14.2. The number of piperazine rings is 1. The molecule has 2 heterocycles. The molecule has 1 amide bonds. The summed E-state index contributed by atoms with van der Waals surface area (Å²) in [6, 6.07) is 11.0. The van der Waals surface area contributed by atoms with Crippen LogP contribution in [0.4, 0.5) is 11.4 Å². The molecule has 1 aliphatic carbocycles. The van der Waals surface area contributed by atoms with Crippen LogP contribution < -0.4 is 15.1 Å². The van der Waals surface area contributed by atoms with Gasteiger partial charge in [-0.2, -0.15) is 0 Å². The van der Waals surface area contributed by atoms with E-state index in [9.17, 15) is 4.79 Å². The summed E-state index contributed by atoms with van der Waals surface area (Å²) in [6.07, 6.45) is 10.8. The van der Waals surface area contributed by atoms with E-state index in [1.807, 2.05) is 12.3 Å². The number of nitrogens with one attached hydrogen (secondary N) is 1. The fourth-order valence-corrected chi connectivity index (χ4v) is 4.46. The van der Waals surface area contributed by atoms with E-state index in [4.69, 9.17) is 0 Å². The normalized spacial score (nSPS) is 18.4. The molecule has 1 N–H and O–H groups in total. The van der Waals surface area contributed by atoms with Gasteiger partial charge in [0.2, 0.25) is 0 Å². The first-order valence-electron chi connectivity index (χ1n) is 11.0. The lowest BCUT2D eigenvalue weighted by Gasteiger charge is -2.37. The van der Waals surface area contributed by atoms with Crippen molar-refractivity contribution in [3.05, 3.63) is 53.9 Å². The molecule has 1 saturated heterocycles. The third kappa shape index (κ3) is 5.08. The summed E-state index contributed by atoms with van der Waals surface area (Å²) in [4.78, 5) is 21.9. The van der Waals surface area contributed by atoms with E-state index < -0.39 is 0 Å². The van der Waals surface area contributed by atoms with Gasteiger partial charge in [0.15, 0.2) is 0 Å². The molecule has 0 atom stereocenters. The number of anilines is 2. The molecule has 154 valence electrons. The quantitative estimate of drug-likeness (QED) is 0.794. The van der Waals surface area contributed by atoms with E-state index in [-0.39, 0.29) is 5.91 Å². The van der Waals surface area contributed by atoms with E-state index in [0.29, 0.717) is 11.6 Å². The molecule has 1 aliphatic heterocycles. The number of benzene rings is 1. The highest BCUT2D eigenvalue weighted by Crippen LogP contribution is 2.22. The Labute approximate surface area is 174 Å². The predicted molar refractivity (Wildman–Crippen MR) is 119 cm³/mol. The monoisotopic (exact) mass is 392 g/mol. The first kappa shape index (κ1) is 19.7. The number of carbonyl (C=O) groups excluding carboxylic acids is 1. The Bertz CT molecular complexity index is 821. The van der Waals surface area contributed by atoms with Crippen LogP contribution in [0.3, 0.4) is 0 Å². The van der Waals surface area contributed by atoms with Crippen molar-refractivity contribution in [1.29, 1.82) is 0 Å². The van der Waals surface area contributed by atoms with Crippen molar-refractivity contribution in [1.82, 2.24) is 10.3 Å². The highest BCUT2D eigenvalue weighted by atomic mass is 16.1. The molecule has 0 unspecified atom stereocenters. The summed E-state index contributed by atoms with van der Waals surface area (Å²) in [5.41, 5.74) is 4.30. The zero-order valence-electron chi connectivity index (χ0n) is 17.4. The van der Waals surface area contributed by atoms with E-state index in [0.717, 1.165) is 44.7 Å². The third-order valence-corrected chi connectivity index (χ3v) is 6.19. The van der Waals surface area contributed by atoms with Gasteiger partial charge in [0.1, 0.15) is 0 Å². The minimum atomic E-state index is 0.0182. The summed E-state index contributed by atoms with van der Waals surface area (Å²) >= 11 is 0. The Morgan fingerprint density at radius 3 is 2.31 bits per heavy atom. The maximum absolute atomic E-state index is 12.8. The second-order valence-corrected chi connectivity index (χ2v) is 8.41.